The molecule has 8 atom stereocenters. The molecule has 0 radical (unpaired) electrons. The van der Waals surface area contributed by atoms with Gasteiger partial charge in [0.05, 0.1) is 30.6 Å². The number of aliphatic carboxylic acids is 1. The van der Waals surface area contributed by atoms with Crippen molar-refractivity contribution in [2.45, 2.75) is 55.8 Å². The lowest BCUT2D eigenvalue weighted by Crippen LogP contribution is -2.47. The largest absolute Gasteiger partial charge is 0.493 e. The molecule has 6 rings (SSSR count). The fourth-order valence-electron chi connectivity index (χ4n) is 7.82. The molecule has 2 aromatic rings. The number of carbonyl (C=O) groups excluding carboxylic acids is 3. The highest BCUT2D eigenvalue weighted by molar-refractivity contribution is 8.00. The molecule has 1 aromatic heterocycles. The van der Waals surface area contributed by atoms with Gasteiger partial charge in [0, 0.05) is 16.0 Å². The monoisotopic (exact) mass is 630 g/mol. The number of carbonyl (C=O) groups is 4. The SMILES string of the molecule is CCOC(=O)COc1ccc([C@H]2c3sc(=O)[nH]c3SC3C4CC(C5C(=O)N(C(CC(C)C)C(=O)O)C(=O)C45)C32)cc1OC. The maximum absolute atomic E-state index is 13.9. The van der Waals surface area contributed by atoms with Crippen molar-refractivity contribution < 1.29 is 38.5 Å². The van der Waals surface area contributed by atoms with E-state index in [2.05, 4.69) is 4.98 Å². The van der Waals surface area contributed by atoms with Gasteiger partial charge in [-0.2, -0.15) is 0 Å². The molecule has 2 bridgehead atoms. The summed E-state index contributed by atoms with van der Waals surface area (Å²) < 4.78 is 16.2. The average Bonchev–Trinajstić information content (AvgIpc) is 3.69. The van der Waals surface area contributed by atoms with Crippen LogP contribution in [0.4, 0.5) is 0 Å². The van der Waals surface area contributed by atoms with Gasteiger partial charge in [-0.25, -0.2) is 9.59 Å². The Labute approximate surface area is 256 Å². The van der Waals surface area contributed by atoms with E-state index in [9.17, 15) is 29.1 Å². The highest BCUT2D eigenvalue weighted by Gasteiger charge is 2.70. The molecule has 3 fully saturated rings. The Balaban J connectivity index is 1.36. The molecule has 2 amide bonds. The van der Waals surface area contributed by atoms with Crippen LogP contribution >= 0.6 is 23.1 Å². The number of likely N-dealkylation sites (tertiary alicyclic amines) is 1. The molecule has 7 unspecified atom stereocenters. The molecule has 2 N–H and O–H groups in total. The number of amides is 2. The van der Waals surface area contributed by atoms with E-state index in [-0.39, 0.29) is 71.2 Å². The van der Waals surface area contributed by atoms with Crippen molar-refractivity contribution in [3.05, 3.63) is 38.3 Å². The van der Waals surface area contributed by atoms with Crippen molar-refractivity contribution in [3.63, 3.8) is 0 Å². The van der Waals surface area contributed by atoms with E-state index in [0.29, 0.717) is 17.9 Å². The van der Waals surface area contributed by atoms with Crippen LogP contribution in [0, 0.1) is 35.5 Å². The highest BCUT2D eigenvalue weighted by Crippen LogP contribution is 2.68. The third kappa shape index (κ3) is 4.84. The number of esters is 1. The maximum atomic E-state index is 13.9. The predicted molar refractivity (Wildman–Crippen MR) is 156 cm³/mol. The molecule has 13 heteroatoms. The van der Waals surface area contributed by atoms with Crippen LogP contribution in [-0.2, 0) is 23.9 Å². The molecule has 1 saturated heterocycles. The predicted octanol–water partition coefficient (Wildman–Crippen LogP) is 3.36. The molecule has 43 heavy (non-hydrogen) atoms. The zero-order chi connectivity index (χ0) is 30.7. The first kappa shape index (κ1) is 29.7. The maximum Gasteiger partial charge on any atom is 0.344 e. The number of benzene rings is 1. The highest BCUT2D eigenvalue weighted by atomic mass is 32.2. The van der Waals surface area contributed by atoms with E-state index in [1.807, 2.05) is 26.0 Å². The summed E-state index contributed by atoms with van der Waals surface area (Å²) in [4.78, 5) is 69.0. The van der Waals surface area contributed by atoms with Crippen molar-refractivity contribution in [2.24, 2.45) is 35.5 Å². The molecule has 0 spiro atoms. The van der Waals surface area contributed by atoms with Crippen LogP contribution in [0.5, 0.6) is 11.5 Å². The summed E-state index contributed by atoms with van der Waals surface area (Å²) in [5.74, 6) is -3.35. The lowest BCUT2D eigenvalue weighted by molar-refractivity contribution is -0.156. The second-order valence-electron chi connectivity index (χ2n) is 12.0. The number of fused-ring (bicyclic) bond motifs is 9. The molecule has 3 heterocycles. The van der Waals surface area contributed by atoms with Gasteiger partial charge in [-0.3, -0.25) is 19.3 Å². The van der Waals surface area contributed by atoms with E-state index in [1.165, 1.54) is 7.11 Å². The number of aromatic amines is 1. The Morgan fingerprint density at radius 1 is 1.12 bits per heavy atom. The van der Waals surface area contributed by atoms with Crippen molar-refractivity contribution >= 4 is 46.9 Å². The van der Waals surface area contributed by atoms with Crippen LogP contribution in [0.15, 0.2) is 28.0 Å². The molecule has 2 aliphatic heterocycles. The number of nitrogens with one attached hydrogen (secondary N) is 1. The third-order valence-corrected chi connectivity index (χ3v) is 11.8. The summed E-state index contributed by atoms with van der Waals surface area (Å²) in [7, 11) is 1.51. The van der Waals surface area contributed by atoms with Gasteiger partial charge in [-0.05, 0) is 61.1 Å². The summed E-state index contributed by atoms with van der Waals surface area (Å²) in [6, 6.07) is 4.27. The number of thioether (sulfide) groups is 1. The smallest absolute Gasteiger partial charge is 0.344 e. The Hall–Kier alpha value is -3.32. The first-order valence-corrected chi connectivity index (χ1v) is 16.2. The Morgan fingerprint density at radius 2 is 1.84 bits per heavy atom. The molecular formula is C30H34N2O9S2. The number of carboxylic acid groups (broad SMARTS) is 1. The molecule has 1 aromatic carbocycles. The molecule has 230 valence electrons. The number of nitrogens with zero attached hydrogens (tertiary/aromatic N) is 1. The van der Waals surface area contributed by atoms with Crippen LogP contribution in [0.1, 0.15) is 50.0 Å². The Morgan fingerprint density at radius 3 is 2.49 bits per heavy atom. The van der Waals surface area contributed by atoms with Gasteiger partial charge >= 0.3 is 16.8 Å². The number of H-pyrrole nitrogens is 1. The number of imide groups is 1. The number of rotatable bonds is 10. The first-order chi connectivity index (χ1) is 20.5. The summed E-state index contributed by atoms with van der Waals surface area (Å²) in [5.41, 5.74) is 0.869. The van der Waals surface area contributed by atoms with Gasteiger partial charge in [0.2, 0.25) is 11.8 Å². The quantitative estimate of drug-likeness (QED) is 0.295. The normalized spacial score (nSPS) is 29.3. The van der Waals surface area contributed by atoms with E-state index in [4.69, 9.17) is 14.2 Å². The van der Waals surface area contributed by atoms with Crippen molar-refractivity contribution in [2.75, 3.05) is 20.3 Å². The third-order valence-electron chi connectivity index (χ3n) is 9.25. The average molecular weight is 631 g/mol. The Bertz CT molecular complexity index is 1530. The summed E-state index contributed by atoms with van der Waals surface area (Å²) in [6.07, 6.45) is 0.896. The molecular weight excluding hydrogens is 596 g/mol. The first-order valence-electron chi connectivity index (χ1n) is 14.5. The fourth-order valence-corrected chi connectivity index (χ4v) is 10.7. The number of aromatic nitrogens is 1. The van der Waals surface area contributed by atoms with E-state index in [1.54, 1.807) is 24.8 Å². The van der Waals surface area contributed by atoms with Crippen LogP contribution < -0.4 is 14.3 Å². The van der Waals surface area contributed by atoms with Crippen LogP contribution in [0.25, 0.3) is 0 Å². The number of thiazole rings is 1. The van der Waals surface area contributed by atoms with Crippen molar-refractivity contribution in [3.8, 4) is 11.5 Å². The number of ether oxygens (including phenoxy) is 3. The summed E-state index contributed by atoms with van der Waals surface area (Å²) in [6.45, 7) is 5.44. The molecule has 2 aliphatic carbocycles. The zero-order valence-electron chi connectivity index (χ0n) is 24.2. The van der Waals surface area contributed by atoms with Gasteiger partial charge in [0.25, 0.3) is 0 Å². The van der Waals surface area contributed by atoms with E-state index in [0.717, 1.165) is 31.7 Å². The minimum absolute atomic E-state index is 0.00610. The van der Waals surface area contributed by atoms with E-state index >= 15 is 0 Å². The second-order valence-corrected chi connectivity index (χ2v) is 14.2. The minimum atomic E-state index is -1.18. The van der Waals surface area contributed by atoms with Crippen molar-refractivity contribution in [1.82, 2.24) is 9.88 Å². The fraction of sp³-hybridized carbons (Fsp3) is 0.567. The number of hydrogen-bond donors (Lipinski definition) is 2. The van der Waals surface area contributed by atoms with Gasteiger partial charge in [0.1, 0.15) is 6.04 Å². The molecule has 2 saturated carbocycles. The number of hydrogen-bond acceptors (Lipinski definition) is 10. The van der Waals surface area contributed by atoms with Gasteiger partial charge in [-0.15, -0.1) is 11.8 Å². The number of carboxylic acids is 1. The van der Waals surface area contributed by atoms with Crippen molar-refractivity contribution in [1.29, 1.82) is 0 Å². The van der Waals surface area contributed by atoms with Gasteiger partial charge in [0.15, 0.2) is 18.1 Å². The van der Waals surface area contributed by atoms with Crippen LogP contribution in [-0.4, -0.2) is 70.4 Å². The number of methoxy groups -OCH3 is 1. The topological polar surface area (TPSA) is 152 Å². The van der Waals surface area contributed by atoms with E-state index < -0.39 is 29.8 Å². The lowest BCUT2D eigenvalue weighted by Gasteiger charge is -2.43. The summed E-state index contributed by atoms with van der Waals surface area (Å²) in [5, 5.41) is 10.7. The summed E-state index contributed by atoms with van der Waals surface area (Å²) >= 11 is 2.71. The molecule has 11 nitrogen and oxygen atoms in total. The standard InChI is InChI=1S/C30H34N2O9S2/c1-5-40-19(33)11-41-17-7-6-13(9-18(17)39-4)20-21-14-10-15(24(21)42-26-25(20)43-30(38)31-26)23-22(14)27(34)32(28(23)35)16(29(36)37)8-12(2)3/h6-7,9,12,14-16,20-24H,5,8,10-11H2,1-4H3,(H,31,38)(H,36,37)/t14?,15?,16?,20-,21?,22?,23?,24?/m1/s1. The minimum Gasteiger partial charge on any atom is -0.493 e. The lowest BCUT2D eigenvalue weighted by atomic mass is 9.68. The van der Waals surface area contributed by atoms with Gasteiger partial charge < -0.3 is 24.3 Å². The zero-order valence-corrected chi connectivity index (χ0v) is 25.9. The molecule has 4 aliphatic rings. The second kappa shape index (κ2) is 11.3. The Kier molecular flexibility index (Phi) is 7.82. The van der Waals surface area contributed by atoms with Crippen LogP contribution in [0.3, 0.4) is 0 Å². The van der Waals surface area contributed by atoms with Crippen LogP contribution in [0.2, 0.25) is 0 Å². The van der Waals surface area contributed by atoms with Gasteiger partial charge in [-0.1, -0.05) is 31.3 Å².